The highest BCUT2D eigenvalue weighted by Gasteiger charge is 2.30. The molecule has 0 spiro atoms. The van der Waals surface area contributed by atoms with Crippen molar-refractivity contribution in [3.8, 4) is 0 Å². The summed E-state index contributed by atoms with van der Waals surface area (Å²) in [5.41, 5.74) is 1.73. The van der Waals surface area contributed by atoms with Gasteiger partial charge in [-0.2, -0.15) is 0 Å². The molecule has 1 aromatic rings. The Labute approximate surface area is 150 Å². The van der Waals surface area contributed by atoms with Crippen molar-refractivity contribution in [3.63, 3.8) is 0 Å². The molecule has 1 saturated heterocycles. The number of amides is 2. The normalized spacial score (nSPS) is 22.4. The average molecular weight is 346 g/mol. The lowest BCUT2D eigenvalue weighted by molar-refractivity contribution is -0.137. The van der Waals surface area contributed by atoms with Gasteiger partial charge in [0.1, 0.15) is 6.04 Å². The Kier molecular flexibility index (Phi) is 5.88. The van der Waals surface area contributed by atoms with Gasteiger partial charge >= 0.3 is 0 Å². The second-order valence-corrected chi connectivity index (χ2v) is 8.14. The standard InChI is InChI=1S/C20H30N2O3/c1-13-10-11-22(12-17(13)23)19(25)14(2)21-18(24)15-6-8-16(9-7-15)20(3,4)5/h6-9,13-14,17,23H,10-12H2,1-5H3,(H,21,24). The van der Waals surface area contributed by atoms with Gasteiger partial charge in [-0.25, -0.2) is 0 Å². The highest BCUT2D eigenvalue weighted by molar-refractivity contribution is 5.97. The second-order valence-electron chi connectivity index (χ2n) is 8.14. The molecular weight excluding hydrogens is 316 g/mol. The van der Waals surface area contributed by atoms with Crippen LogP contribution >= 0.6 is 0 Å². The lowest BCUT2D eigenvalue weighted by Crippen LogP contribution is -2.52. The fourth-order valence-corrected chi connectivity index (χ4v) is 2.99. The Morgan fingerprint density at radius 3 is 2.36 bits per heavy atom. The number of aliphatic hydroxyl groups is 1. The summed E-state index contributed by atoms with van der Waals surface area (Å²) in [6, 6.07) is 6.86. The summed E-state index contributed by atoms with van der Waals surface area (Å²) in [5, 5.41) is 12.7. The second kappa shape index (κ2) is 7.56. The van der Waals surface area contributed by atoms with E-state index < -0.39 is 12.1 Å². The number of rotatable bonds is 3. The number of carbonyl (C=O) groups excluding carboxylic acids is 2. The number of hydrogen-bond acceptors (Lipinski definition) is 3. The van der Waals surface area contributed by atoms with Crippen molar-refractivity contribution in [1.82, 2.24) is 10.2 Å². The molecule has 0 aliphatic carbocycles. The van der Waals surface area contributed by atoms with E-state index in [-0.39, 0.29) is 23.1 Å². The zero-order valence-electron chi connectivity index (χ0n) is 15.9. The largest absolute Gasteiger partial charge is 0.391 e. The Balaban J connectivity index is 1.96. The molecule has 3 unspecified atom stereocenters. The van der Waals surface area contributed by atoms with Crippen LogP contribution in [0.25, 0.3) is 0 Å². The van der Waals surface area contributed by atoms with E-state index in [2.05, 4.69) is 26.1 Å². The van der Waals surface area contributed by atoms with Gasteiger partial charge < -0.3 is 15.3 Å². The van der Waals surface area contributed by atoms with Crippen LogP contribution in [-0.2, 0) is 10.2 Å². The minimum Gasteiger partial charge on any atom is -0.391 e. The number of aliphatic hydroxyl groups excluding tert-OH is 1. The van der Waals surface area contributed by atoms with Gasteiger partial charge in [0.05, 0.1) is 6.10 Å². The fraction of sp³-hybridized carbons (Fsp3) is 0.600. The minimum absolute atomic E-state index is 0.0322. The maximum absolute atomic E-state index is 12.5. The van der Waals surface area contributed by atoms with Crippen LogP contribution in [0.3, 0.4) is 0 Å². The van der Waals surface area contributed by atoms with Gasteiger partial charge in [0.15, 0.2) is 0 Å². The Morgan fingerprint density at radius 1 is 1.24 bits per heavy atom. The first kappa shape index (κ1) is 19.4. The number of benzene rings is 1. The Morgan fingerprint density at radius 2 is 1.84 bits per heavy atom. The molecule has 138 valence electrons. The van der Waals surface area contributed by atoms with Crippen molar-refractivity contribution < 1.29 is 14.7 Å². The van der Waals surface area contributed by atoms with Crippen molar-refractivity contribution in [3.05, 3.63) is 35.4 Å². The maximum atomic E-state index is 12.5. The van der Waals surface area contributed by atoms with Crippen molar-refractivity contribution in [2.24, 2.45) is 5.92 Å². The number of hydrogen-bond donors (Lipinski definition) is 2. The quantitative estimate of drug-likeness (QED) is 0.882. The van der Waals surface area contributed by atoms with Gasteiger partial charge in [0.25, 0.3) is 5.91 Å². The van der Waals surface area contributed by atoms with E-state index in [1.165, 1.54) is 0 Å². The van der Waals surface area contributed by atoms with Crippen LogP contribution < -0.4 is 5.32 Å². The van der Waals surface area contributed by atoms with Gasteiger partial charge in [-0.15, -0.1) is 0 Å². The first-order valence-electron chi connectivity index (χ1n) is 8.98. The molecule has 5 nitrogen and oxygen atoms in total. The van der Waals surface area contributed by atoms with E-state index in [0.29, 0.717) is 18.7 Å². The van der Waals surface area contributed by atoms with Gasteiger partial charge in [0.2, 0.25) is 5.91 Å². The highest BCUT2D eigenvalue weighted by Crippen LogP contribution is 2.22. The van der Waals surface area contributed by atoms with Crippen LogP contribution in [0.4, 0.5) is 0 Å². The van der Waals surface area contributed by atoms with Crippen molar-refractivity contribution in [1.29, 1.82) is 0 Å². The molecular formula is C20H30N2O3. The molecule has 1 heterocycles. The molecule has 2 rings (SSSR count). The zero-order chi connectivity index (χ0) is 18.8. The summed E-state index contributed by atoms with van der Waals surface area (Å²) in [6.07, 6.45) is 0.285. The molecule has 1 aliphatic heterocycles. The van der Waals surface area contributed by atoms with E-state index in [4.69, 9.17) is 0 Å². The molecule has 25 heavy (non-hydrogen) atoms. The summed E-state index contributed by atoms with van der Waals surface area (Å²) >= 11 is 0. The molecule has 0 aromatic heterocycles. The maximum Gasteiger partial charge on any atom is 0.251 e. The summed E-state index contributed by atoms with van der Waals surface area (Å²) in [7, 11) is 0. The number of likely N-dealkylation sites (tertiary alicyclic amines) is 1. The number of nitrogens with zero attached hydrogens (tertiary/aromatic N) is 1. The minimum atomic E-state index is -0.615. The van der Waals surface area contributed by atoms with Crippen LogP contribution in [0.1, 0.15) is 57.0 Å². The highest BCUT2D eigenvalue weighted by atomic mass is 16.3. The van der Waals surface area contributed by atoms with Gasteiger partial charge in [0, 0.05) is 18.7 Å². The molecule has 2 N–H and O–H groups in total. The summed E-state index contributed by atoms with van der Waals surface area (Å²) < 4.78 is 0. The lowest BCUT2D eigenvalue weighted by Gasteiger charge is -2.35. The monoisotopic (exact) mass is 346 g/mol. The van der Waals surface area contributed by atoms with Crippen molar-refractivity contribution in [2.75, 3.05) is 13.1 Å². The van der Waals surface area contributed by atoms with Crippen LogP contribution in [0.15, 0.2) is 24.3 Å². The van der Waals surface area contributed by atoms with Gasteiger partial charge in [-0.1, -0.05) is 39.8 Å². The smallest absolute Gasteiger partial charge is 0.251 e. The van der Waals surface area contributed by atoms with E-state index >= 15 is 0 Å². The van der Waals surface area contributed by atoms with E-state index in [9.17, 15) is 14.7 Å². The zero-order valence-corrected chi connectivity index (χ0v) is 15.9. The molecule has 3 atom stereocenters. The fourth-order valence-electron chi connectivity index (χ4n) is 2.99. The molecule has 1 aliphatic rings. The SMILES string of the molecule is CC(NC(=O)c1ccc(C(C)(C)C)cc1)C(=O)N1CCC(C)C(O)C1. The first-order chi connectivity index (χ1) is 11.6. The van der Waals surface area contributed by atoms with Crippen molar-refractivity contribution >= 4 is 11.8 Å². The van der Waals surface area contributed by atoms with Crippen LogP contribution in [0, 0.1) is 5.92 Å². The molecule has 0 radical (unpaired) electrons. The third-order valence-corrected chi connectivity index (χ3v) is 4.96. The number of β-amino-alcohol motifs (C(OH)–C–C–N with tert-alkyl or cyclic N) is 1. The average Bonchev–Trinajstić information content (AvgIpc) is 2.56. The first-order valence-corrected chi connectivity index (χ1v) is 8.98. The van der Waals surface area contributed by atoms with E-state index in [1.54, 1.807) is 24.0 Å². The topological polar surface area (TPSA) is 69.6 Å². The summed E-state index contributed by atoms with van der Waals surface area (Å²) in [6.45, 7) is 11.0. The van der Waals surface area contributed by atoms with E-state index in [0.717, 1.165) is 12.0 Å². The van der Waals surface area contributed by atoms with Gasteiger partial charge in [-0.3, -0.25) is 9.59 Å². The molecule has 0 bridgehead atoms. The lowest BCUT2D eigenvalue weighted by atomic mass is 9.86. The molecule has 0 saturated carbocycles. The van der Waals surface area contributed by atoms with Crippen LogP contribution in [0.2, 0.25) is 0 Å². The van der Waals surface area contributed by atoms with Crippen molar-refractivity contribution in [2.45, 2.75) is 58.6 Å². The number of carbonyl (C=O) groups is 2. The Bertz CT molecular complexity index is 619. The predicted molar refractivity (Wildman–Crippen MR) is 98.4 cm³/mol. The number of piperidine rings is 1. The molecule has 1 fully saturated rings. The summed E-state index contributed by atoms with van der Waals surface area (Å²) in [5.74, 6) is -0.201. The van der Waals surface area contributed by atoms with Crippen LogP contribution in [-0.4, -0.2) is 47.1 Å². The van der Waals surface area contributed by atoms with E-state index in [1.807, 2.05) is 19.1 Å². The molecule has 5 heteroatoms. The summed E-state index contributed by atoms with van der Waals surface area (Å²) in [4.78, 5) is 26.5. The molecule has 2 amide bonds. The molecule has 1 aromatic carbocycles. The van der Waals surface area contributed by atoms with Crippen LogP contribution in [0.5, 0.6) is 0 Å². The van der Waals surface area contributed by atoms with Gasteiger partial charge in [-0.05, 0) is 42.4 Å². The predicted octanol–water partition coefficient (Wildman–Crippen LogP) is 2.33. The third-order valence-electron chi connectivity index (χ3n) is 4.96. The Hall–Kier alpha value is -1.88. The number of nitrogens with one attached hydrogen (secondary N) is 1. The third kappa shape index (κ3) is 4.82.